The Kier molecular flexibility index (Phi) is 4.62. The highest BCUT2D eigenvalue weighted by atomic mass is 16.5. The minimum absolute atomic E-state index is 0.147. The first-order chi connectivity index (χ1) is 14.0. The second-order valence-corrected chi connectivity index (χ2v) is 8.90. The number of aryl methyl sites for hydroxylation is 1. The zero-order valence-corrected chi connectivity index (χ0v) is 17.6. The van der Waals surface area contributed by atoms with E-state index in [9.17, 15) is 4.79 Å². The first kappa shape index (κ1) is 18.7. The molecule has 6 heteroatoms. The molecule has 0 radical (unpaired) electrons. The third kappa shape index (κ3) is 3.33. The molecule has 3 aliphatic rings. The summed E-state index contributed by atoms with van der Waals surface area (Å²) in [4.78, 5) is 22.4. The minimum atomic E-state index is 0.147. The van der Waals surface area contributed by atoms with Crippen molar-refractivity contribution in [3.05, 3.63) is 46.5 Å². The van der Waals surface area contributed by atoms with Crippen LogP contribution >= 0.6 is 0 Å². The van der Waals surface area contributed by atoms with E-state index in [0.29, 0.717) is 5.92 Å². The van der Waals surface area contributed by atoms with Gasteiger partial charge in [0.15, 0.2) is 0 Å². The Morgan fingerprint density at radius 1 is 1.17 bits per heavy atom. The van der Waals surface area contributed by atoms with Crippen molar-refractivity contribution in [2.75, 3.05) is 26.7 Å². The molecule has 0 bridgehead atoms. The number of aromatic nitrogens is 2. The lowest BCUT2D eigenvalue weighted by molar-refractivity contribution is 0.0711. The predicted molar refractivity (Wildman–Crippen MR) is 111 cm³/mol. The number of fused-ring (bicyclic) bond motifs is 2. The molecular formula is C23H30N4O2. The number of likely N-dealkylation sites (tertiary alicyclic amines) is 1. The summed E-state index contributed by atoms with van der Waals surface area (Å²) in [5.74, 6) is 2.66. The smallest absolute Gasteiger partial charge is 0.253 e. The average Bonchev–Trinajstić information content (AvgIpc) is 3.25. The summed E-state index contributed by atoms with van der Waals surface area (Å²) in [6.45, 7) is 8.88. The quantitative estimate of drug-likeness (QED) is 0.786. The van der Waals surface area contributed by atoms with Crippen LogP contribution in [0, 0.1) is 6.92 Å². The molecule has 1 aromatic heterocycles. The highest BCUT2D eigenvalue weighted by Gasteiger charge is 2.31. The van der Waals surface area contributed by atoms with Crippen molar-refractivity contribution < 1.29 is 9.53 Å². The zero-order valence-electron chi connectivity index (χ0n) is 17.6. The van der Waals surface area contributed by atoms with Gasteiger partial charge in [0, 0.05) is 50.6 Å². The normalized spacial score (nSPS) is 22.3. The van der Waals surface area contributed by atoms with E-state index in [1.807, 2.05) is 23.1 Å². The number of rotatable bonds is 2. The molecule has 1 aromatic carbocycles. The third-order valence-corrected chi connectivity index (χ3v) is 6.73. The lowest BCUT2D eigenvalue weighted by Crippen LogP contribution is -2.38. The number of hydrogen-bond donors (Lipinski definition) is 0. The van der Waals surface area contributed by atoms with Crippen molar-refractivity contribution in [1.82, 2.24) is 19.4 Å². The topological polar surface area (TPSA) is 50.6 Å². The van der Waals surface area contributed by atoms with Gasteiger partial charge in [-0.15, -0.1) is 0 Å². The van der Waals surface area contributed by atoms with Crippen LogP contribution in [-0.2, 0) is 19.5 Å². The molecule has 1 saturated heterocycles. The Morgan fingerprint density at radius 2 is 1.97 bits per heavy atom. The number of likely N-dealkylation sites (N-methyl/N-ethyl adjacent to an activating group) is 1. The zero-order chi connectivity index (χ0) is 20.1. The molecule has 3 aliphatic heterocycles. The molecule has 0 N–H and O–H groups in total. The second kappa shape index (κ2) is 7.17. The van der Waals surface area contributed by atoms with Crippen LogP contribution in [0.3, 0.4) is 0 Å². The summed E-state index contributed by atoms with van der Waals surface area (Å²) in [6, 6.07) is 5.89. The van der Waals surface area contributed by atoms with Crippen LogP contribution in [0.5, 0.6) is 5.75 Å². The number of hydrogen-bond acceptors (Lipinski definition) is 4. The number of piperidine rings is 1. The summed E-state index contributed by atoms with van der Waals surface area (Å²) in [5, 5.41) is 0. The molecule has 0 saturated carbocycles. The van der Waals surface area contributed by atoms with Crippen LogP contribution in [-0.4, -0.2) is 58.0 Å². The van der Waals surface area contributed by atoms with Gasteiger partial charge in [0.25, 0.3) is 5.91 Å². The number of carbonyl (C=O) groups is 1. The molecule has 1 amide bonds. The van der Waals surface area contributed by atoms with E-state index >= 15 is 0 Å². The van der Waals surface area contributed by atoms with Gasteiger partial charge in [-0.1, -0.05) is 0 Å². The van der Waals surface area contributed by atoms with E-state index in [4.69, 9.17) is 9.72 Å². The fourth-order valence-electron chi connectivity index (χ4n) is 5.12. The lowest BCUT2D eigenvalue weighted by atomic mass is 9.91. The van der Waals surface area contributed by atoms with Gasteiger partial charge in [0.05, 0.1) is 11.4 Å². The van der Waals surface area contributed by atoms with Crippen LogP contribution in [0.15, 0.2) is 18.2 Å². The maximum Gasteiger partial charge on any atom is 0.253 e. The molecule has 6 nitrogen and oxygen atoms in total. The Bertz CT molecular complexity index is 943. The molecule has 5 rings (SSSR count). The Balaban J connectivity index is 1.28. The van der Waals surface area contributed by atoms with Gasteiger partial charge >= 0.3 is 0 Å². The first-order valence-corrected chi connectivity index (χ1v) is 10.8. The highest BCUT2D eigenvalue weighted by molar-refractivity contribution is 5.94. The lowest BCUT2D eigenvalue weighted by Gasteiger charge is -2.33. The monoisotopic (exact) mass is 394 g/mol. The van der Waals surface area contributed by atoms with Gasteiger partial charge in [-0.2, -0.15) is 0 Å². The summed E-state index contributed by atoms with van der Waals surface area (Å²) in [7, 11) is 2.18. The van der Waals surface area contributed by atoms with E-state index in [0.717, 1.165) is 74.7 Å². The molecular weight excluding hydrogens is 364 g/mol. The maximum atomic E-state index is 13.1. The molecule has 4 heterocycles. The van der Waals surface area contributed by atoms with Crippen LogP contribution in [0.4, 0.5) is 0 Å². The number of ether oxygens (including phenoxy) is 1. The van der Waals surface area contributed by atoms with Gasteiger partial charge in [-0.25, -0.2) is 4.98 Å². The number of imidazole rings is 1. The molecule has 1 atom stereocenters. The molecule has 2 aromatic rings. The predicted octanol–water partition coefficient (Wildman–Crippen LogP) is 2.98. The fraction of sp³-hybridized carbons (Fsp3) is 0.565. The first-order valence-electron chi connectivity index (χ1n) is 10.8. The van der Waals surface area contributed by atoms with Crippen molar-refractivity contribution in [3.8, 4) is 5.75 Å². The van der Waals surface area contributed by atoms with E-state index in [1.165, 1.54) is 11.4 Å². The van der Waals surface area contributed by atoms with E-state index in [1.54, 1.807) is 0 Å². The number of benzene rings is 1. The minimum Gasteiger partial charge on any atom is -0.490 e. The summed E-state index contributed by atoms with van der Waals surface area (Å²) >= 11 is 0. The highest BCUT2D eigenvalue weighted by Crippen LogP contribution is 2.33. The standard InChI is InChI=1S/C23H30N4O2/c1-15-12-19-13-18(4-5-21(19)29-15)23(28)26-8-6-17(7-9-26)22-20-14-25(3)10-11-27(20)16(2)24-22/h4-5,13,15,17H,6-12,14H2,1-3H3. The summed E-state index contributed by atoms with van der Waals surface area (Å²) in [5.41, 5.74) is 4.60. The Morgan fingerprint density at radius 3 is 2.76 bits per heavy atom. The van der Waals surface area contributed by atoms with E-state index < -0.39 is 0 Å². The summed E-state index contributed by atoms with van der Waals surface area (Å²) < 4.78 is 8.16. The SMILES string of the molecule is Cc1nc(C2CCN(C(=O)c3ccc4c(c3)CC(C)O4)CC2)c2n1CCN(C)C2. The molecule has 1 unspecified atom stereocenters. The van der Waals surface area contributed by atoms with Gasteiger partial charge in [0.2, 0.25) is 0 Å². The molecule has 1 fully saturated rings. The van der Waals surface area contributed by atoms with Crippen LogP contribution in [0.25, 0.3) is 0 Å². The number of amides is 1. The van der Waals surface area contributed by atoms with Crippen molar-refractivity contribution >= 4 is 5.91 Å². The third-order valence-electron chi connectivity index (χ3n) is 6.73. The van der Waals surface area contributed by atoms with Crippen molar-refractivity contribution in [3.63, 3.8) is 0 Å². The fourth-order valence-corrected chi connectivity index (χ4v) is 5.12. The van der Waals surface area contributed by atoms with Gasteiger partial charge in [0.1, 0.15) is 17.7 Å². The van der Waals surface area contributed by atoms with Crippen molar-refractivity contribution in [1.29, 1.82) is 0 Å². The van der Waals surface area contributed by atoms with Crippen LogP contribution < -0.4 is 4.74 Å². The number of nitrogens with zero attached hydrogens (tertiary/aromatic N) is 4. The molecule has 0 spiro atoms. The van der Waals surface area contributed by atoms with Crippen molar-refractivity contribution in [2.45, 2.75) is 58.2 Å². The van der Waals surface area contributed by atoms with Gasteiger partial charge in [-0.05, 0) is 57.5 Å². The molecule has 0 aliphatic carbocycles. The van der Waals surface area contributed by atoms with Gasteiger partial charge < -0.3 is 14.2 Å². The largest absolute Gasteiger partial charge is 0.490 e. The maximum absolute atomic E-state index is 13.1. The van der Waals surface area contributed by atoms with Crippen LogP contribution in [0.1, 0.15) is 58.8 Å². The molecule has 29 heavy (non-hydrogen) atoms. The summed E-state index contributed by atoms with van der Waals surface area (Å²) in [6.07, 6.45) is 3.07. The Hall–Kier alpha value is -2.34. The van der Waals surface area contributed by atoms with Crippen molar-refractivity contribution in [2.24, 2.45) is 0 Å². The Labute approximate surface area is 172 Å². The van der Waals surface area contributed by atoms with Gasteiger partial charge in [-0.3, -0.25) is 9.69 Å². The second-order valence-electron chi connectivity index (χ2n) is 8.90. The van der Waals surface area contributed by atoms with E-state index in [2.05, 4.69) is 30.4 Å². The average molecular weight is 395 g/mol. The number of carbonyl (C=O) groups excluding carboxylic acids is 1. The van der Waals surface area contributed by atoms with E-state index in [-0.39, 0.29) is 12.0 Å². The van der Waals surface area contributed by atoms with Crippen LogP contribution in [0.2, 0.25) is 0 Å². The molecule has 154 valence electrons.